The summed E-state index contributed by atoms with van der Waals surface area (Å²) in [5.74, 6) is -5.90. The lowest BCUT2D eigenvalue weighted by atomic mass is 9.91. The molecule has 0 radical (unpaired) electrons. The number of hydrogen-bond donors (Lipinski definition) is 3. The molecule has 230 valence electrons. The van der Waals surface area contributed by atoms with Crippen LogP contribution in [0.3, 0.4) is 0 Å². The molecule has 1 unspecified atom stereocenters. The zero-order valence-electron chi connectivity index (χ0n) is 23.4. The molecule has 2 aliphatic rings. The maximum absolute atomic E-state index is 15.0. The van der Waals surface area contributed by atoms with Crippen molar-refractivity contribution in [1.29, 1.82) is 0 Å². The van der Waals surface area contributed by atoms with E-state index in [0.717, 1.165) is 24.3 Å². The Hall–Kier alpha value is -3.55. The van der Waals surface area contributed by atoms with Gasteiger partial charge in [-0.05, 0) is 62.9 Å². The molecule has 2 aromatic heterocycles. The average Bonchev–Trinajstić information content (AvgIpc) is 3.28. The number of aromatic nitrogens is 2. The first kappa shape index (κ1) is 30.9. The monoisotopic (exact) mass is 608 g/mol. The molecule has 1 aliphatic carbocycles. The number of carbonyl (C=O) groups is 1. The van der Waals surface area contributed by atoms with Crippen molar-refractivity contribution in [3.05, 3.63) is 76.0 Å². The van der Waals surface area contributed by atoms with Crippen LogP contribution < -0.4 is 10.6 Å². The number of ketones is 1. The Morgan fingerprint density at radius 2 is 1.77 bits per heavy atom. The zero-order chi connectivity index (χ0) is 31.4. The highest BCUT2D eigenvalue weighted by Gasteiger charge is 2.45. The number of alkyl halides is 3. The van der Waals surface area contributed by atoms with Crippen LogP contribution in [0.4, 0.5) is 32.0 Å². The van der Waals surface area contributed by atoms with Crippen molar-refractivity contribution in [3.8, 4) is 11.3 Å². The fourth-order valence-corrected chi connectivity index (χ4v) is 5.82. The quantitative estimate of drug-likeness (QED) is 0.269. The van der Waals surface area contributed by atoms with Crippen molar-refractivity contribution in [1.82, 2.24) is 9.97 Å². The normalized spacial score (nSPS) is 20.8. The minimum atomic E-state index is -4.49. The minimum absolute atomic E-state index is 0.0818. The van der Waals surface area contributed by atoms with Gasteiger partial charge in [-0.25, -0.2) is 18.2 Å². The molecule has 0 bridgehead atoms. The van der Waals surface area contributed by atoms with Crippen LogP contribution in [-0.4, -0.2) is 51.3 Å². The summed E-state index contributed by atoms with van der Waals surface area (Å²) in [6, 6.07) is 2.79. The molecule has 1 aliphatic heterocycles. The minimum Gasteiger partial charge on any atom is -0.387 e. The van der Waals surface area contributed by atoms with Crippen molar-refractivity contribution >= 4 is 11.5 Å². The highest BCUT2D eigenvalue weighted by atomic mass is 19.4. The lowest BCUT2D eigenvalue weighted by molar-refractivity contribution is -0.177. The average molecular weight is 609 g/mol. The number of benzene rings is 1. The van der Waals surface area contributed by atoms with Gasteiger partial charge >= 0.3 is 6.18 Å². The summed E-state index contributed by atoms with van der Waals surface area (Å²) in [4.78, 5) is 23.1. The van der Waals surface area contributed by atoms with Crippen molar-refractivity contribution in [2.24, 2.45) is 11.7 Å². The Morgan fingerprint density at radius 1 is 1.09 bits per heavy atom. The van der Waals surface area contributed by atoms with E-state index in [9.17, 15) is 41.4 Å². The number of halogens is 6. The van der Waals surface area contributed by atoms with Gasteiger partial charge in [-0.2, -0.15) is 13.2 Å². The second-order valence-electron chi connectivity index (χ2n) is 11.7. The fraction of sp³-hybridized carbons (Fsp3) is 0.433. The van der Waals surface area contributed by atoms with Crippen LogP contribution >= 0.6 is 0 Å². The molecule has 4 N–H and O–H groups in total. The van der Waals surface area contributed by atoms with Crippen molar-refractivity contribution < 1.29 is 41.4 Å². The molecular weight excluding hydrogens is 578 g/mol. The van der Waals surface area contributed by atoms with E-state index in [0.29, 0.717) is 29.8 Å². The Kier molecular flexibility index (Phi) is 8.03. The number of pyridine rings is 2. The van der Waals surface area contributed by atoms with Gasteiger partial charge in [0.2, 0.25) is 0 Å². The summed E-state index contributed by atoms with van der Waals surface area (Å²) < 4.78 is 85.9. The standard InChI is InChI=1S/C30H30F6N4O3/c1-29(2,43)15-9-20(32)25(21(33)10-15)27-19(31)4-5-22(39-27)24(42)7-14-11-38-26-18(3-6-23(26)41)28(14)40-12-16(30(34,35)36)8-17(37)13-40/h4-5,9-11,16-17,23,41,43H,3,6-8,12-13,37H2,1-2H3/t16-,17+,23?/m1/s1. The van der Waals surface area contributed by atoms with E-state index in [4.69, 9.17) is 5.73 Å². The molecular formula is C30H30F6N4O3. The molecule has 3 heterocycles. The second kappa shape index (κ2) is 11.2. The van der Waals surface area contributed by atoms with E-state index < -0.39 is 77.3 Å². The van der Waals surface area contributed by atoms with Gasteiger partial charge in [-0.1, -0.05) is 0 Å². The molecule has 3 aromatic rings. The lowest BCUT2D eigenvalue weighted by Crippen LogP contribution is -2.51. The number of aliphatic hydroxyl groups excluding tert-OH is 1. The topological polar surface area (TPSA) is 113 Å². The van der Waals surface area contributed by atoms with E-state index >= 15 is 0 Å². The third-order valence-electron chi connectivity index (χ3n) is 7.97. The Bertz CT molecular complexity index is 1550. The summed E-state index contributed by atoms with van der Waals surface area (Å²) in [7, 11) is 0. The SMILES string of the molecule is CC(C)(O)c1cc(F)c(-c2nc(C(=O)Cc3cnc4c(c3N3C[C@@H](N)C[C@@H](C(F)(F)F)C3)CCC4O)ccc2F)c(F)c1. The Labute approximate surface area is 243 Å². The van der Waals surface area contributed by atoms with Gasteiger partial charge in [0.15, 0.2) is 5.78 Å². The second-order valence-corrected chi connectivity index (χ2v) is 11.7. The van der Waals surface area contributed by atoms with Gasteiger partial charge in [0.05, 0.1) is 28.9 Å². The molecule has 0 amide bonds. The largest absolute Gasteiger partial charge is 0.393 e. The van der Waals surface area contributed by atoms with Crippen LogP contribution in [0.15, 0.2) is 30.5 Å². The van der Waals surface area contributed by atoms with E-state index in [1.165, 1.54) is 24.9 Å². The lowest BCUT2D eigenvalue weighted by Gasteiger charge is -2.40. The third-order valence-corrected chi connectivity index (χ3v) is 7.97. The van der Waals surface area contributed by atoms with E-state index in [2.05, 4.69) is 9.97 Å². The summed E-state index contributed by atoms with van der Waals surface area (Å²) in [6.45, 7) is 2.33. The van der Waals surface area contributed by atoms with Gasteiger partial charge < -0.3 is 20.8 Å². The molecule has 5 rings (SSSR count). The van der Waals surface area contributed by atoms with Crippen LogP contribution in [0.1, 0.15) is 65.7 Å². The van der Waals surface area contributed by atoms with E-state index in [-0.39, 0.29) is 29.8 Å². The number of rotatable bonds is 6. The predicted molar refractivity (Wildman–Crippen MR) is 145 cm³/mol. The summed E-state index contributed by atoms with van der Waals surface area (Å²) in [5.41, 5.74) is 3.85. The van der Waals surface area contributed by atoms with Gasteiger partial charge in [0.1, 0.15) is 28.8 Å². The highest BCUT2D eigenvalue weighted by molar-refractivity contribution is 5.97. The number of nitrogens with zero attached hydrogens (tertiary/aromatic N) is 3. The number of piperidine rings is 1. The number of nitrogens with two attached hydrogens (primary N) is 1. The predicted octanol–water partition coefficient (Wildman–Crippen LogP) is 4.91. The van der Waals surface area contributed by atoms with Crippen molar-refractivity contribution in [2.75, 3.05) is 18.0 Å². The molecule has 7 nitrogen and oxygen atoms in total. The van der Waals surface area contributed by atoms with Gasteiger partial charge in [-0.15, -0.1) is 0 Å². The van der Waals surface area contributed by atoms with Crippen molar-refractivity contribution in [3.63, 3.8) is 0 Å². The Morgan fingerprint density at radius 3 is 2.40 bits per heavy atom. The first-order chi connectivity index (χ1) is 20.0. The molecule has 1 fully saturated rings. The molecule has 1 aromatic carbocycles. The number of carbonyl (C=O) groups excluding carboxylic acids is 1. The number of anilines is 1. The van der Waals surface area contributed by atoms with Crippen LogP contribution in [0, 0.1) is 23.4 Å². The zero-order valence-corrected chi connectivity index (χ0v) is 23.4. The van der Waals surface area contributed by atoms with Crippen LogP contribution in [0.5, 0.6) is 0 Å². The van der Waals surface area contributed by atoms with Crippen LogP contribution in [0.2, 0.25) is 0 Å². The number of hydrogen-bond acceptors (Lipinski definition) is 7. The van der Waals surface area contributed by atoms with E-state index in [1.807, 2.05) is 0 Å². The third kappa shape index (κ3) is 6.11. The summed E-state index contributed by atoms with van der Waals surface area (Å²) >= 11 is 0. The van der Waals surface area contributed by atoms with Gasteiger partial charge in [-0.3, -0.25) is 9.78 Å². The van der Waals surface area contributed by atoms with Crippen LogP contribution in [-0.2, 0) is 18.4 Å². The molecule has 3 atom stereocenters. The van der Waals surface area contributed by atoms with E-state index in [1.54, 1.807) is 0 Å². The molecule has 1 saturated heterocycles. The number of Topliss-reactive ketones (excluding diaryl/α,β-unsaturated/α-hetero) is 1. The van der Waals surface area contributed by atoms with Crippen LogP contribution in [0.25, 0.3) is 11.3 Å². The Balaban J connectivity index is 1.52. The molecule has 43 heavy (non-hydrogen) atoms. The highest BCUT2D eigenvalue weighted by Crippen LogP contribution is 2.42. The summed E-state index contributed by atoms with van der Waals surface area (Å²) in [5, 5.41) is 20.5. The first-order valence-corrected chi connectivity index (χ1v) is 13.7. The first-order valence-electron chi connectivity index (χ1n) is 13.7. The molecule has 0 saturated carbocycles. The molecule has 0 spiro atoms. The summed E-state index contributed by atoms with van der Waals surface area (Å²) in [6.07, 6.45) is -4.15. The number of aliphatic hydroxyl groups is 2. The smallest absolute Gasteiger partial charge is 0.387 e. The van der Waals surface area contributed by atoms with Gasteiger partial charge in [0, 0.05) is 48.6 Å². The van der Waals surface area contributed by atoms with Gasteiger partial charge in [0.25, 0.3) is 0 Å². The number of fused-ring (bicyclic) bond motifs is 1. The molecule has 13 heteroatoms. The maximum atomic E-state index is 15.0. The maximum Gasteiger partial charge on any atom is 0.393 e. The fourth-order valence-electron chi connectivity index (χ4n) is 5.82. The van der Waals surface area contributed by atoms with Crippen molar-refractivity contribution in [2.45, 2.75) is 63.5 Å².